The lowest BCUT2D eigenvalue weighted by molar-refractivity contribution is 0.220. The number of hydrogen-bond donors (Lipinski definition) is 2. The van der Waals surface area contributed by atoms with Crippen LogP contribution in [0.3, 0.4) is 0 Å². The standard InChI is InChI=1S/C24H19N3O2S/c1-29-21-7-2-3-8-22(21)30-24(27)20(15-26)18-5-4-6-19(13-18)23(28)17-11-9-16(14-25)10-12-17/h2-13,23,28H,27H2,1H3/b24-20+. The summed E-state index contributed by atoms with van der Waals surface area (Å²) in [4.78, 5) is 0.805. The lowest BCUT2D eigenvalue weighted by atomic mass is 9.97. The monoisotopic (exact) mass is 413 g/mol. The lowest BCUT2D eigenvalue weighted by Gasteiger charge is -2.14. The quantitative estimate of drug-likeness (QED) is 0.452. The van der Waals surface area contributed by atoms with Crippen LogP contribution in [0.15, 0.2) is 82.7 Å². The Bertz CT molecular complexity index is 1160. The van der Waals surface area contributed by atoms with Crippen molar-refractivity contribution in [2.75, 3.05) is 7.11 Å². The predicted molar refractivity (Wildman–Crippen MR) is 117 cm³/mol. The van der Waals surface area contributed by atoms with Crippen molar-refractivity contribution < 1.29 is 9.84 Å². The molecule has 3 rings (SSSR count). The number of rotatable bonds is 6. The van der Waals surface area contributed by atoms with Gasteiger partial charge >= 0.3 is 0 Å². The molecule has 1 unspecified atom stereocenters. The molecule has 0 aromatic heterocycles. The van der Waals surface area contributed by atoms with Crippen molar-refractivity contribution in [3.05, 3.63) is 100 Å². The van der Waals surface area contributed by atoms with Crippen LogP contribution in [0.25, 0.3) is 5.57 Å². The molecule has 30 heavy (non-hydrogen) atoms. The van der Waals surface area contributed by atoms with Gasteiger partial charge in [-0.05, 0) is 47.0 Å². The third-order valence-corrected chi connectivity index (χ3v) is 5.47. The number of nitrogens with two attached hydrogens (primary N) is 1. The smallest absolute Gasteiger partial charge is 0.132 e. The molecule has 148 valence electrons. The van der Waals surface area contributed by atoms with Gasteiger partial charge in [0.25, 0.3) is 0 Å². The van der Waals surface area contributed by atoms with Gasteiger partial charge in [-0.2, -0.15) is 10.5 Å². The van der Waals surface area contributed by atoms with Crippen LogP contribution >= 0.6 is 11.8 Å². The molecule has 0 radical (unpaired) electrons. The third kappa shape index (κ3) is 4.64. The molecule has 0 spiro atoms. The summed E-state index contributed by atoms with van der Waals surface area (Å²) < 4.78 is 5.35. The number of hydrogen-bond acceptors (Lipinski definition) is 6. The van der Waals surface area contributed by atoms with Crippen LogP contribution in [0, 0.1) is 22.7 Å². The van der Waals surface area contributed by atoms with Gasteiger partial charge in [-0.3, -0.25) is 0 Å². The zero-order chi connectivity index (χ0) is 21.5. The van der Waals surface area contributed by atoms with Crippen LogP contribution in [0.2, 0.25) is 0 Å². The maximum absolute atomic E-state index is 10.7. The first-order chi connectivity index (χ1) is 14.6. The minimum Gasteiger partial charge on any atom is -0.496 e. The highest BCUT2D eigenvalue weighted by molar-refractivity contribution is 8.03. The van der Waals surface area contributed by atoms with Crippen molar-refractivity contribution >= 4 is 17.3 Å². The van der Waals surface area contributed by atoms with Gasteiger partial charge in [-0.15, -0.1) is 0 Å². The minimum absolute atomic E-state index is 0.319. The van der Waals surface area contributed by atoms with Crippen LogP contribution in [-0.2, 0) is 0 Å². The van der Waals surface area contributed by atoms with Gasteiger partial charge in [0.1, 0.15) is 17.9 Å². The number of nitriles is 2. The second kappa shape index (κ2) is 9.67. The Balaban J connectivity index is 1.93. The number of ether oxygens (including phenoxy) is 1. The fourth-order valence-corrected chi connectivity index (χ4v) is 3.83. The van der Waals surface area contributed by atoms with E-state index in [2.05, 4.69) is 12.1 Å². The molecule has 0 heterocycles. The van der Waals surface area contributed by atoms with E-state index in [-0.39, 0.29) is 0 Å². The lowest BCUT2D eigenvalue weighted by Crippen LogP contribution is -2.02. The van der Waals surface area contributed by atoms with E-state index in [4.69, 9.17) is 15.7 Å². The van der Waals surface area contributed by atoms with E-state index in [0.717, 1.165) is 4.90 Å². The topological polar surface area (TPSA) is 103 Å². The van der Waals surface area contributed by atoms with Crippen molar-refractivity contribution in [2.24, 2.45) is 5.73 Å². The third-order valence-electron chi connectivity index (χ3n) is 4.49. The van der Waals surface area contributed by atoms with Crippen LogP contribution in [0.4, 0.5) is 0 Å². The molecule has 3 aromatic carbocycles. The number of allylic oxidation sites excluding steroid dienone is 1. The van der Waals surface area contributed by atoms with Gasteiger partial charge < -0.3 is 15.6 Å². The highest BCUT2D eigenvalue weighted by atomic mass is 32.2. The zero-order valence-electron chi connectivity index (χ0n) is 16.2. The summed E-state index contributed by atoms with van der Waals surface area (Å²) in [5.41, 5.74) is 9.00. The molecule has 1 atom stereocenters. The van der Waals surface area contributed by atoms with Crippen LogP contribution < -0.4 is 10.5 Å². The SMILES string of the molecule is COc1ccccc1S/C(N)=C(\C#N)c1cccc(C(O)c2ccc(C#N)cc2)c1. The van der Waals surface area contributed by atoms with Gasteiger partial charge in [-0.1, -0.05) is 54.2 Å². The number of methoxy groups -OCH3 is 1. The van der Waals surface area contributed by atoms with E-state index < -0.39 is 6.10 Å². The Kier molecular flexibility index (Phi) is 6.77. The Morgan fingerprint density at radius 2 is 1.73 bits per heavy atom. The molecule has 0 aliphatic carbocycles. The Hall–Kier alpha value is -3.71. The van der Waals surface area contributed by atoms with Gasteiger partial charge in [0, 0.05) is 0 Å². The normalized spacial score (nSPS) is 12.3. The van der Waals surface area contributed by atoms with Crippen molar-refractivity contribution in [3.8, 4) is 17.9 Å². The molecule has 5 nitrogen and oxygen atoms in total. The molecule has 3 aromatic rings. The van der Waals surface area contributed by atoms with E-state index in [9.17, 15) is 10.4 Å². The molecular formula is C24H19N3O2S. The van der Waals surface area contributed by atoms with Crippen molar-refractivity contribution in [3.63, 3.8) is 0 Å². The van der Waals surface area contributed by atoms with E-state index in [1.54, 1.807) is 55.6 Å². The highest BCUT2D eigenvalue weighted by Gasteiger charge is 2.15. The number of thioether (sulfide) groups is 1. The molecule has 0 aliphatic rings. The first-order valence-electron chi connectivity index (χ1n) is 9.06. The number of benzene rings is 3. The second-order valence-corrected chi connectivity index (χ2v) is 7.45. The molecule has 0 saturated heterocycles. The predicted octanol–water partition coefficient (Wildman–Crippen LogP) is 4.59. The summed E-state index contributed by atoms with van der Waals surface area (Å²) in [7, 11) is 1.58. The number of para-hydroxylation sites is 1. The van der Waals surface area contributed by atoms with Crippen LogP contribution in [-0.4, -0.2) is 12.2 Å². The molecule has 0 saturated carbocycles. The van der Waals surface area contributed by atoms with Crippen molar-refractivity contribution in [1.82, 2.24) is 0 Å². The van der Waals surface area contributed by atoms with Crippen LogP contribution in [0.1, 0.15) is 28.4 Å². The molecule has 6 heteroatoms. The van der Waals surface area contributed by atoms with E-state index in [1.165, 1.54) is 11.8 Å². The number of nitrogens with zero attached hydrogens (tertiary/aromatic N) is 2. The highest BCUT2D eigenvalue weighted by Crippen LogP contribution is 2.35. The Morgan fingerprint density at radius 3 is 2.40 bits per heavy atom. The fourth-order valence-electron chi connectivity index (χ4n) is 2.93. The first-order valence-corrected chi connectivity index (χ1v) is 9.88. The zero-order valence-corrected chi connectivity index (χ0v) is 17.1. The van der Waals surface area contributed by atoms with Gasteiger partial charge in [0.05, 0.1) is 34.2 Å². The second-order valence-electron chi connectivity index (χ2n) is 6.37. The molecule has 0 bridgehead atoms. The maximum Gasteiger partial charge on any atom is 0.132 e. The average Bonchev–Trinajstić information content (AvgIpc) is 2.79. The first kappa shape index (κ1) is 21.0. The van der Waals surface area contributed by atoms with Crippen molar-refractivity contribution in [1.29, 1.82) is 10.5 Å². The molecule has 0 fully saturated rings. The maximum atomic E-state index is 10.7. The summed E-state index contributed by atoms with van der Waals surface area (Å²) >= 11 is 1.25. The number of aliphatic hydroxyl groups is 1. The summed E-state index contributed by atoms with van der Waals surface area (Å²) in [6.45, 7) is 0. The summed E-state index contributed by atoms with van der Waals surface area (Å²) in [5, 5.41) is 29.7. The summed E-state index contributed by atoms with van der Waals surface area (Å²) in [6.07, 6.45) is -0.888. The number of aliphatic hydroxyl groups excluding tert-OH is 1. The van der Waals surface area contributed by atoms with Gasteiger partial charge in [0.2, 0.25) is 0 Å². The molecule has 0 aliphatic heterocycles. The molecule has 0 amide bonds. The van der Waals surface area contributed by atoms with E-state index >= 15 is 0 Å². The van der Waals surface area contributed by atoms with E-state index in [1.807, 2.05) is 24.3 Å². The summed E-state index contributed by atoms with van der Waals surface area (Å²) in [6, 6.07) is 25.5. The van der Waals surface area contributed by atoms with Gasteiger partial charge in [0.15, 0.2) is 0 Å². The largest absolute Gasteiger partial charge is 0.496 e. The molecule has 3 N–H and O–H groups in total. The fraction of sp³-hybridized carbons (Fsp3) is 0.0833. The van der Waals surface area contributed by atoms with Crippen LogP contribution in [0.5, 0.6) is 5.75 Å². The van der Waals surface area contributed by atoms with Gasteiger partial charge in [-0.25, -0.2) is 0 Å². The Morgan fingerprint density at radius 1 is 1.00 bits per heavy atom. The van der Waals surface area contributed by atoms with Crippen molar-refractivity contribution in [2.45, 2.75) is 11.0 Å². The summed E-state index contributed by atoms with van der Waals surface area (Å²) in [5.74, 6) is 0.674. The van der Waals surface area contributed by atoms with E-state index in [0.29, 0.717) is 38.6 Å². The average molecular weight is 414 g/mol. The Labute approximate surface area is 179 Å². The minimum atomic E-state index is -0.888. The molecular weight excluding hydrogens is 394 g/mol.